The molecule has 0 unspecified atom stereocenters. The lowest BCUT2D eigenvalue weighted by Crippen LogP contribution is -2.53. The zero-order valence-electron chi connectivity index (χ0n) is 20.4. The molecule has 2 saturated heterocycles. The van der Waals surface area contributed by atoms with E-state index < -0.39 is 11.6 Å². The number of rotatable bonds is 13. The topological polar surface area (TPSA) is 96.5 Å². The Morgan fingerprint density at radius 1 is 0.939 bits per heavy atom. The molecule has 0 aromatic rings. The minimum Gasteiger partial charge on any atom is -0.378 e. The van der Waals surface area contributed by atoms with Gasteiger partial charge in [-0.05, 0) is 34.1 Å². The van der Waals surface area contributed by atoms with Gasteiger partial charge in [0, 0.05) is 38.4 Å². The SMILES string of the molecule is C#CCCC(=O)NCCOCCOCCNC[C@H]1C[C@H]2OC(C)(C)O[C@H]2[C@H]2OC(C)(C)O[C@@H]12. The molecule has 33 heavy (non-hydrogen) atoms. The summed E-state index contributed by atoms with van der Waals surface area (Å²) >= 11 is 0. The first-order chi connectivity index (χ1) is 15.7. The molecule has 0 aromatic carbocycles. The number of hydrogen-bond donors (Lipinski definition) is 2. The predicted octanol–water partition coefficient (Wildman–Crippen LogP) is 1.20. The van der Waals surface area contributed by atoms with E-state index in [0.29, 0.717) is 45.8 Å². The largest absolute Gasteiger partial charge is 0.378 e. The molecule has 1 aliphatic carbocycles. The molecule has 5 atom stereocenters. The van der Waals surface area contributed by atoms with E-state index in [2.05, 4.69) is 16.6 Å². The fourth-order valence-electron chi connectivity index (χ4n) is 4.68. The molecule has 0 spiro atoms. The van der Waals surface area contributed by atoms with Gasteiger partial charge in [0.2, 0.25) is 5.91 Å². The van der Waals surface area contributed by atoms with Gasteiger partial charge in [-0.15, -0.1) is 12.3 Å². The minimum atomic E-state index is -0.619. The molecule has 3 rings (SSSR count). The molecule has 188 valence electrons. The summed E-state index contributed by atoms with van der Waals surface area (Å²) in [5.74, 6) is 1.45. The second-order valence-electron chi connectivity index (χ2n) is 9.68. The van der Waals surface area contributed by atoms with Crippen LogP contribution in [0, 0.1) is 18.3 Å². The fourth-order valence-corrected chi connectivity index (χ4v) is 4.68. The molecule has 3 aliphatic rings. The van der Waals surface area contributed by atoms with Crippen LogP contribution in [0.2, 0.25) is 0 Å². The van der Waals surface area contributed by atoms with Gasteiger partial charge in [0.15, 0.2) is 11.6 Å². The van der Waals surface area contributed by atoms with Crippen molar-refractivity contribution in [3.05, 3.63) is 0 Å². The van der Waals surface area contributed by atoms with Crippen molar-refractivity contribution in [2.24, 2.45) is 5.92 Å². The molecule has 3 fully saturated rings. The number of fused-ring (bicyclic) bond motifs is 3. The van der Waals surface area contributed by atoms with E-state index in [1.807, 2.05) is 27.7 Å². The van der Waals surface area contributed by atoms with Crippen LogP contribution < -0.4 is 10.6 Å². The van der Waals surface area contributed by atoms with E-state index in [1.165, 1.54) is 0 Å². The van der Waals surface area contributed by atoms with E-state index in [-0.39, 0.29) is 36.2 Å². The van der Waals surface area contributed by atoms with Crippen molar-refractivity contribution in [2.45, 2.75) is 82.9 Å². The maximum Gasteiger partial charge on any atom is 0.221 e. The summed E-state index contributed by atoms with van der Waals surface area (Å²) in [7, 11) is 0. The van der Waals surface area contributed by atoms with Gasteiger partial charge in [0.25, 0.3) is 0 Å². The first kappa shape index (κ1) is 26.4. The molecule has 9 heteroatoms. The Balaban J connectivity index is 1.26. The number of carbonyl (C=O) groups excluding carboxylic acids is 1. The van der Waals surface area contributed by atoms with Crippen molar-refractivity contribution in [3.8, 4) is 12.3 Å². The van der Waals surface area contributed by atoms with Crippen LogP contribution in [0.1, 0.15) is 47.0 Å². The standard InChI is InChI=1S/C24H40N2O7/c1-6-7-8-19(27)26-10-12-29-14-13-28-11-9-25-16-17-15-18-21(32-23(2,3)30-18)22-20(17)31-24(4,5)33-22/h1,17-18,20-22,25H,7-16H2,2-5H3,(H,26,27)/t17-,18-,20+,21-,22+/m1/s1. The quantitative estimate of drug-likeness (QED) is 0.308. The average molecular weight is 469 g/mol. The van der Waals surface area contributed by atoms with E-state index in [1.54, 1.807) is 0 Å². The molecule has 2 N–H and O–H groups in total. The summed E-state index contributed by atoms with van der Waals surface area (Å²) in [6, 6.07) is 0. The van der Waals surface area contributed by atoms with E-state index in [4.69, 9.17) is 34.8 Å². The first-order valence-electron chi connectivity index (χ1n) is 12.0. The number of terminal acetylenes is 1. The molecule has 1 saturated carbocycles. The Bertz CT molecular complexity index is 678. The van der Waals surface area contributed by atoms with Gasteiger partial charge in [-0.25, -0.2) is 0 Å². The predicted molar refractivity (Wildman–Crippen MR) is 121 cm³/mol. The zero-order valence-corrected chi connectivity index (χ0v) is 20.4. The Morgan fingerprint density at radius 2 is 1.58 bits per heavy atom. The Hall–Kier alpha value is -1.25. The van der Waals surface area contributed by atoms with Crippen LogP contribution in [0.3, 0.4) is 0 Å². The molecule has 0 radical (unpaired) electrons. The van der Waals surface area contributed by atoms with Gasteiger partial charge >= 0.3 is 0 Å². The fraction of sp³-hybridized carbons (Fsp3) is 0.875. The lowest BCUT2D eigenvalue weighted by molar-refractivity contribution is -0.176. The van der Waals surface area contributed by atoms with Crippen LogP contribution in [0.25, 0.3) is 0 Å². The Morgan fingerprint density at radius 3 is 2.30 bits per heavy atom. The molecule has 9 nitrogen and oxygen atoms in total. The summed E-state index contributed by atoms with van der Waals surface area (Å²) in [5.41, 5.74) is 0. The molecule has 0 aromatic heterocycles. The van der Waals surface area contributed by atoms with Gasteiger partial charge in [-0.1, -0.05) is 0 Å². The number of ether oxygens (including phenoxy) is 6. The number of hydrogen-bond acceptors (Lipinski definition) is 8. The zero-order chi connectivity index (χ0) is 23.9. The summed E-state index contributed by atoms with van der Waals surface area (Å²) < 4.78 is 35.8. The summed E-state index contributed by atoms with van der Waals surface area (Å²) in [6.45, 7) is 11.9. The number of nitrogens with one attached hydrogen (secondary N) is 2. The van der Waals surface area contributed by atoms with Crippen molar-refractivity contribution in [1.29, 1.82) is 0 Å². The minimum absolute atomic E-state index is 0.0149. The highest BCUT2D eigenvalue weighted by Gasteiger charge is 2.59. The monoisotopic (exact) mass is 468 g/mol. The van der Waals surface area contributed by atoms with Gasteiger partial charge < -0.3 is 39.1 Å². The van der Waals surface area contributed by atoms with Crippen LogP contribution in [0.4, 0.5) is 0 Å². The summed E-state index contributed by atoms with van der Waals surface area (Å²) in [5, 5.41) is 6.24. The Kier molecular flexibility index (Phi) is 9.53. The third-order valence-electron chi connectivity index (χ3n) is 5.98. The Labute approximate surface area is 197 Å². The molecule has 0 bridgehead atoms. The number of carbonyl (C=O) groups is 1. The average Bonchev–Trinajstić information content (AvgIpc) is 3.24. The van der Waals surface area contributed by atoms with Crippen LogP contribution >= 0.6 is 0 Å². The lowest BCUT2D eigenvalue weighted by atomic mass is 9.81. The van der Waals surface area contributed by atoms with E-state index in [9.17, 15) is 4.79 Å². The normalized spacial score (nSPS) is 31.5. The molecule has 1 amide bonds. The highest BCUT2D eigenvalue weighted by Crippen LogP contribution is 2.46. The summed E-state index contributed by atoms with van der Waals surface area (Å²) in [4.78, 5) is 11.4. The van der Waals surface area contributed by atoms with Crippen molar-refractivity contribution in [3.63, 3.8) is 0 Å². The van der Waals surface area contributed by atoms with Gasteiger partial charge in [0.05, 0.1) is 38.6 Å². The smallest absolute Gasteiger partial charge is 0.221 e. The van der Waals surface area contributed by atoms with Gasteiger partial charge in [-0.3, -0.25) is 4.79 Å². The van der Waals surface area contributed by atoms with Crippen LogP contribution in [-0.2, 0) is 33.2 Å². The van der Waals surface area contributed by atoms with Gasteiger partial charge in [0.1, 0.15) is 12.2 Å². The first-order valence-corrected chi connectivity index (χ1v) is 12.0. The van der Waals surface area contributed by atoms with Crippen molar-refractivity contribution in [2.75, 3.05) is 46.1 Å². The van der Waals surface area contributed by atoms with Crippen LogP contribution in [-0.4, -0.2) is 88.0 Å². The second kappa shape index (κ2) is 11.9. The molecule has 2 heterocycles. The third kappa shape index (κ3) is 7.89. The maximum absolute atomic E-state index is 11.4. The lowest BCUT2D eigenvalue weighted by Gasteiger charge is -2.37. The van der Waals surface area contributed by atoms with Crippen LogP contribution in [0.5, 0.6) is 0 Å². The van der Waals surface area contributed by atoms with Crippen molar-refractivity contribution >= 4 is 5.91 Å². The molecular formula is C24H40N2O7. The highest BCUT2D eigenvalue weighted by atomic mass is 16.8. The second-order valence-corrected chi connectivity index (χ2v) is 9.68. The molecular weight excluding hydrogens is 428 g/mol. The maximum atomic E-state index is 11.4. The van der Waals surface area contributed by atoms with Crippen molar-refractivity contribution < 1.29 is 33.2 Å². The van der Waals surface area contributed by atoms with Crippen LogP contribution in [0.15, 0.2) is 0 Å². The van der Waals surface area contributed by atoms with Crippen molar-refractivity contribution in [1.82, 2.24) is 10.6 Å². The molecule has 2 aliphatic heterocycles. The van der Waals surface area contributed by atoms with Gasteiger partial charge in [-0.2, -0.15) is 0 Å². The third-order valence-corrected chi connectivity index (χ3v) is 5.98. The highest BCUT2D eigenvalue weighted by molar-refractivity contribution is 5.76. The van der Waals surface area contributed by atoms with E-state index >= 15 is 0 Å². The number of amides is 1. The summed E-state index contributed by atoms with van der Waals surface area (Å²) in [6.07, 6.45) is 6.59. The van der Waals surface area contributed by atoms with E-state index in [0.717, 1.165) is 19.5 Å².